The topological polar surface area (TPSA) is 84.2 Å². The number of carboxylic acid groups (broad SMARTS) is 1. The van der Waals surface area contributed by atoms with Crippen molar-refractivity contribution in [2.45, 2.75) is 51.5 Å². The monoisotopic (exact) mass is 431 g/mol. The van der Waals surface area contributed by atoms with Gasteiger partial charge in [0, 0.05) is 23.5 Å². The predicted octanol–water partition coefficient (Wildman–Crippen LogP) is 4.54. The van der Waals surface area contributed by atoms with Crippen LogP contribution in [-0.2, 0) is 16.0 Å². The van der Waals surface area contributed by atoms with E-state index in [9.17, 15) is 14.7 Å². The number of aliphatic carboxylic acids is 1. The number of nitrogens with zero attached hydrogens (tertiary/aromatic N) is 2. The second-order valence-corrected chi connectivity index (χ2v) is 8.46. The van der Waals surface area contributed by atoms with E-state index in [2.05, 4.69) is 5.32 Å². The highest BCUT2D eigenvalue weighted by Crippen LogP contribution is 2.30. The summed E-state index contributed by atoms with van der Waals surface area (Å²) in [4.78, 5) is 24.9. The Morgan fingerprint density at radius 3 is 2.28 bits per heavy atom. The lowest BCUT2D eigenvalue weighted by Gasteiger charge is -2.23. The molecule has 1 saturated carbocycles. The van der Waals surface area contributed by atoms with Crippen LogP contribution in [0.2, 0.25) is 0 Å². The van der Waals surface area contributed by atoms with Crippen LogP contribution < -0.4 is 5.32 Å². The van der Waals surface area contributed by atoms with Gasteiger partial charge in [0.05, 0.1) is 17.1 Å². The van der Waals surface area contributed by atoms with Crippen molar-refractivity contribution in [2.24, 2.45) is 5.92 Å². The number of carbonyl (C=O) groups is 2. The Morgan fingerprint density at radius 2 is 1.66 bits per heavy atom. The highest BCUT2D eigenvalue weighted by atomic mass is 16.4. The third-order valence-corrected chi connectivity index (χ3v) is 6.23. The van der Waals surface area contributed by atoms with Gasteiger partial charge < -0.3 is 10.4 Å². The lowest BCUT2D eigenvalue weighted by molar-refractivity contribution is -0.142. The molecular weight excluding hydrogens is 402 g/mol. The number of nitrogens with one attached hydrogen (secondary N) is 1. The van der Waals surface area contributed by atoms with Gasteiger partial charge in [-0.15, -0.1) is 0 Å². The van der Waals surface area contributed by atoms with E-state index in [-0.39, 0.29) is 18.2 Å². The molecule has 0 spiro atoms. The number of carboxylic acids is 1. The van der Waals surface area contributed by atoms with Crippen LogP contribution in [-0.4, -0.2) is 32.8 Å². The van der Waals surface area contributed by atoms with Gasteiger partial charge in [-0.1, -0.05) is 67.8 Å². The molecule has 32 heavy (non-hydrogen) atoms. The van der Waals surface area contributed by atoms with Crippen LogP contribution in [0, 0.1) is 12.8 Å². The van der Waals surface area contributed by atoms with Crippen molar-refractivity contribution in [1.82, 2.24) is 15.1 Å². The zero-order chi connectivity index (χ0) is 22.5. The molecule has 6 nitrogen and oxygen atoms in total. The zero-order valence-electron chi connectivity index (χ0n) is 18.3. The fourth-order valence-electron chi connectivity index (χ4n) is 4.51. The Balaban J connectivity index is 1.69. The van der Waals surface area contributed by atoms with Crippen LogP contribution in [0.25, 0.3) is 16.9 Å². The summed E-state index contributed by atoms with van der Waals surface area (Å²) >= 11 is 0. The number of hydrogen-bond acceptors (Lipinski definition) is 3. The normalized spacial score (nSPS) is 15.3. The Morgan fingerprint density at radius 1 is 1.03 bits per heavy atom. The molecule has 4 rings (SSSR count). The van der Waals surface area contributed by atoms with Gasteiger partial charge in [0.2, 0.25) is 5.91 Å². The summed E-state index contributed by atoms with van der Waals surface area (Å²) in [5.41, 5.74) is 4.29. The maximum absolute atomic E-state index is 12.8. The minimum Gasteiger partial charge on any atom is -0.480 e. The van der Waals surface area contributed by atoms with Gasteiger partial charge >= 0.3 is 5.97 Å². The molecule has 0 saturated heterocycles. The van der Waals surface area contributed by atoms with Gasteiger partial charge in [0.15, 0.2) is 0 Å². The summed E-state index contributed by atoms with van der Waals surface area (Å²) < 4.78 is 1.86. The molecular formula is C26H29N3O3. The van der Waals surface area contributed by atoms with Gasteiger partial charge in [0.25, 0.3) is 0 Å². The van der Waals surface area contributed by atoms with Crippen molar-refractivity contribution < 1.29 is 14.7 Å². The fraction of sp³-hybridized carbons (Fsp3) is 0.346. The van der Waals surface area contributed by atoms with Crippen LogP contribution in [0.15, 0.2) is 60.7 Å². The third-order valence-electron chi connectivity index (χ3n) is 6.23. The standard InChI is InChI=1S/C26H29N3O3/c1-18-22(17-23(26(31)32)27-25(30)20-13-7-3-8-14-20)24(19-11-5-2-6-12-19)29(28-18)21-15-9-4-10-16-21/h2,4-6,9-12,15-16,20,23H,3,7-8,13-14,17H2,1H3,(H,27,30)(H,31,32). The number of carbonyl (C=O) groups excluding carboxylic acids is 1. The quantitative estimate of drug-likeness (QED) is 0.575. The average Bonchev–Trinajstić information content (AvgIpc) is 3.16. The van der Waals surface area contributed by atoms with E-state index in [1.165, 1.54) is 0 Å². The average molecular weight is 432 g/mol. The molecule has 2 N–H and O–H groups in total. The molecule has 1 heterocycles. The number of para-hydroxylation sites is 1. The second kappa shape index (κ2) is 9.81. The van der Waals surface area contributed by atoms with Crippen molar-refractivity contribution in [1.29, 1.82) is 0 Å². The molecule has 1 fully saturated rings. The van der Waals surface area contributed by atoms with E-state index in [1.807, 2.05) is 72.3 Å². The van der Waals surface area contributed by atoms with E-state index >= 15 is 0 Å². The Labute approximate surface area is 188 Å². The molecule has 0 bridgehead atoms. The predicted molar refractivity (Wildman–Crippen MR) is 124 cm³/mol. The van der Waals surface area contributed by atoms with Crippen LogP contribution in [0.1, 0.15) is 43.4 Å². The number of hydrogen-bond donors (Lipinski definition) is 2. The SMILES string of the molecule is Cc1nn(-c2ccccc2)c(-c2ccccc2)c1CC(NC(=O)C1CCCCC1)C(=O)O. The van der Waals surface area contributed by atoms with Crippen LogP contribution >= 0.6 is 0 Å². The molecule has 1 atom stereocenters. The van der Waals surface area contributed by atoms with Crippen molar-refractivity contribution in [3.05, 3.63) is 71.9 Å². The highest BCUT2D eigenvalue weighted by Gasteiger charge is 2.29. The maximum Gasteiger partial charge on any atom is 0.326 e. The summed E-state index contributed by atoms with van der Waals surface area (Å²) in [5.74, 6) is -1.26. The summed E-state index contributed by atoms with van der Waals surface area (Å²) in [6.07, 6.45) is 5.03. The number of benzene rings is 2. The minimum atomic E-state index is -1.03. The Kier molecular flexibility index (Phi) is 6.69. The second-order valence-electron chi connectivity index (χ2n) is 8.46. The molecule has 1 unspecified atom stereocenters. The Hall–Kier alpha value is -3.41. The molecule has 6 heteroatoms. The summed E-state index contributed by atoms with van der Waals surface area (Å²) in [7, 11) is 0. The van der Waals surface area contributed by atoms with E-state index in [4.69, 9.17) is 5.10 Å². The van der Waals surface area contributed by atoms with Crippen molar-refractivity contribution in [2.75, 3.05) is 0 Å². The molecule has 0 aliphatic heterocycles. The van der Waals surface area contributed by atoms with E-state index in [1.54, 1.807) is 0 Å². The van der Waals surface area contributed by atoms with E-state index in [0.717, 1.165) is 60.3 Å². The first-order valence-electron chi connectivity index (χ1n) is 11.3. The van der Waals surface area contributed by atoms with Crippen LogP contribution in [0.5, 0.6) is 0 Å². The third kappa shape index (κ3) is 4.74. The molecule has 1 aliphatic rings. The van der Waals surface area contributed by atoms with E-state index < -0.39 is 12.0 Å². The highest BCUT2D eigenvalue weighted by molar-refractivity contribution is 5.85. The molecule has 1 amide bonds. The summed E-state index contributed by atoms with van der Waals surface area (Å²) in [6, 6.07) is 18.6. The summed E-state index contributed by atoms with van der Waals surface area (Å²) in [5, 5.41) is 17.5. The zero-order valence-corrected chi connectivity index (χ0v) is 18.3. The van der Waals surface area contributed by atoms with Crippen molar-refractivity contribution >= 4 is 11.9 Å². The largest absolute Gasteiger partial charge is 0.480 e. The van der Waals surface area contributed by atoms with Gasteiger partial charge in [-0.25, -0.2) is 9.48 Å². The molecule has 166 valence electrons. The number of amides is 1. The number of aryl methyl sites for hydroxylation is 1. The van der Waals surface area contributed by atoms with Gasteiger partial charge in [-0.3, -0.25) is 4.79 Å². The van der Waals surface area contributed by atoms with Crippen molar-refractivity contribution in [3.8, 4) is 16.9 Å². The molecule has 3 aromatic rings. The van der Waals surface area contributed by atoms with Crippen LogP contribution in [0.4, 0.5) is 0 Å². The van der Waals surface area contributed by atoms with Crippen molar-refractivity contribution in [3.63, 3.8) is 0 Å². The van der Waals surface area contributed by atoms with Gasteiger partial charge in [-0.2, -0.15) is 5.10 Å². The first-order valence-corrected chi connectivity index (χ1v) is 11.3. The van der Waals surface area contributed by atoms with Gasteiger partial charge in [0.1, 0.15) is 6.04 Å². The molecule has 1 aromatic heterocycles. The van der Waals surface area contributed by atoms with Gasteiger partial charge in [-0.05, 0) is 31.9 Å². The molecule has 2 aromatic carbocycles. The maximum atomic E-state index is 12.8. The number of aromatic nitrogens is 2. The smallest absolute Gasteiger partial charge is 0.326 e. The number of rotatable bonds is 7. The first-order chi connectivity index (χ1) is 15.5. The molecule has 0 radical (unpaired) electrons. The lowest BCUT2D eigenvalue weighted by atomic mass is 9.88. The lowest BCUT2D eigenvalue weighted by Crippen LogP contribution is -2.45. The first kappa shape index (κ1) is 21.8. The molecule has 1 aliphatic carbocycles. The van der Waals surface area contributed by atoms with E-state index in [0.29, 0.717) is 0 Å². The van der Waals surface area contributed by atoms with Crippen LogP contribution in [0.3, 0.4) is 0 Å². The fourth-order valence-corrected chi connectivity index (χ4v) is 4.51. The summed E-state index contributed by atoms with van der Waals surface area (Å²) in [6.45, 7) is 1.89. The minimum absolute atomic E-state index is 0.0904. The Bertz CT molecular complexity index is 1070.